The molecule has 3 aromatic rings. The van der Waals surface area contributed by atoms with Gasteiger partial charge in [-0.15, -0.1) is 0 Å². The molecule has 1 aliphatic rings. The van der Waals surface area contributed by atoms with E-state index in [2.05, 4.69) is 18.8 Å². The molecule has 0 saturated heterocycles. The molecule has 0 N–H and O–H groups in total. The van der Waals surface area contributed by atoms with Gasteiger partial charge in [-0.2, -0.15) is 0 Å². The van der Waals surface area contributed by atoms with Gasteiger partial charge in [0.15, 0.2) is 0 Å². The Morgan fingerprint density at radius 2 is 2.04 bits per heavy atom. The molecule has 0 saturated carbocycles. The number of hydrogen-bond donors (Lipinski definition) is 0. The predicted octanol–water partition coefficient (Wildman–Crippen LogP) is 3.93. The van der Waals surface area contributed by atoms with Crippen LogP contribution in [0.2, 0.25) is 0 Å². The van der Waals surface area contributed by atoms with E-state index in [1.165, 1.54) is 0 Å². The van der Waals surface area contributed by atoms with Crippen LogP contribution in [0.5, 0.6) is 0 Å². The average Bonchev–Trinajstić information content (AvgIpc) is 2.61. The summed E-state index contributed by atoms with van der Waals surface area (Å²) in [4.78, 5) is 21.9. The van der Waals surface area contributed by atoms with E-state index in [0.29, 0.717) is 5.39 Å². The largest absolute Gasteiger partial charge is 0.296 e. The molecule has 1 aliphatic heterocycles. The summed E-state index contributed by atoms with van der Waals surface area (Å²) < 4.78 is 1.86. The van der Waals surface area contributed by atoms with E-state index >= 15 is 0 Å². The van der Waals surface area contributed by atoms with Crippen LogP contribution in [0, 0.1) is 5.41 Å². The number of rotatable bonds is 2. The van der Waals surface area contributed by atoms with Crippen LogP contribution >= 0.6 is 0 Å². The zero-order chi connectivity index (χ0) is 17.4. The van der Waals surface area contributed by atoms with Gasteiger partial charge in [-0.1, -0.05) is 32.1 Å². The fourth-order valence-corrected chi connectivity index (χ4v) is 3.36. The Balaban J connectivity index is 1.75. The molecule has 0 spiro atoms. The lowest BCUT2D eigenvalue weighted by Crippen LogP contribution is -2.36. The molecule has 0 amide bonds. The minimum Gasteiger partial charge on any atom is -0.296 e. The number of nitrogens with zero attached hydrogens (tertiary/aromatic N) is 3. The third-order valence-corrected chi connectivity index (χ3v) is 4.80. The summed E-state index contributed by atoms with van der Waals surface area (Å²) in [5.74, 6) is 0.905. The second-order valence-corrected chi connectivity index (χ2v) is 7.45. The SMILES string of the molecule is CC1(C)CCc2nc3cc(/C=C/c4ccccn4)ccc3c(=O)n2C1. The quantitative estimate of drug-likeness (QED) is 0.715. The van der Waals surface area contributed by atoms with Crippen LogP contribution in [0.25, 0.3) is 23.1 Å². The molecular formula is C21H21N3O. The lowest BCUT2D eigenvalue weighted by atomic mass is 9.85. The first-order valence-electron chi connectivity index (χ1n) is 8.64. The Morgan fingerprint density at radius 3 is 2.84 bits per heavy atom. The van der Waals surface area contributed by atoms with E-state index in [4.69, 9.17) is 4.98 Å². The monoisotopic (exact) mass is 331 g/mol. The van der Waals surface area contributed by atoms with Gasteiger partial charge in [0.05, 0.1) is 16.6 Å². The third kappa shape index (κ3) is 3.12. The molecule has 0 bridgehead atoms. The van der Waals surface area contributed by atoms with Crippen LogP contribution in [0.1, 0.15) is 37.4 Å². The normalized spacial score (nSPS) is 16.2. The molecule has 4 nitrogen and oxygen atoms in total. The first kappa shape index (κ1) is 15.8. The maximum Gasteiger partial charge on any atom is 0.261 e. The highest BCUT2D eigenvalue weighted by molar-refractivity contribution is 5.82. The molecular weight excluding hydrogens is 310 g/mol. The highest BCUT2D eigenvalue weighted by Crippen LogP contribution is 2.29. The van der Waals surface area contributed by atoms with E-state index < -0.39 is 0 Å². The number of aryl methyl sites for hydroxylation is 1. The fraction of sp³-hybridized carbons (Fsp3) is 0.286. The molecule has 4 rings (SSSR count). The fourth-order valence-electron chi connectivity index (χ4n) is 3.36. The van der Waals surface area contributed by atoms with Crippen LogP contribution in [0.3, 0.4) is 0 Å². The second-order valence-electron chi connectivity index (χ2n) is 7.45. The molecule has 0 radical (unpaired) electrons. The van der Waals surface area contributed by atoms with Crippen LogP contribution < -0.4 is 5.56 Å². The Labute approximate surface area is 146 Å². The number of hydrogen-bond acceptors (Lipinski definition) is 3. The molecule has 1 aromatic carbocycles. The summed E-state index contributed by atoms with van der Waals surface area (Å²) in [6.07, 6.45) is 7.66. The van der Waals surface area contributed by atoms with Gasteiger partial charge in [-0.3, -0.25) is 14.3 Å². The minimum atomic E-state index is 0.0769. The minimum absolute atomic E-state index is 0.0769. The van der Waals surface area contributed by atoms with Crippen molar-refractivity contribution in [1.29, 1.82) is 0 Å². The zero-order valence-corrected chi connectivity index (χ0v) is 14.6. The van der Waals surface area contributed by atoms with Gasteiger partial charge in [-0.25, -0.2) is 4.98 Å². The standard InChI is InChI=1S/C21H21N3O/c1-21(2)11-10-19-23-18-13-15(6-8-16-5-3-4-12-22-16)7-9-17(18)20(25)24(19)14-21/h3-9,12-13H,10-11,14H2,1-2H3/b8-6+. The molecule has 0 unspecified atom stereocenters. The Morgan fingerprint density at radius 1 is 1.16 bits per heavy atom. The molecule has 2 aromatic heterocycles. The zero-order valence-electron chi connectivity index (χ0n) is 14.6. The van der Waals surface area contributed by atoms with Crippen LogP contribution in [0.15, 0.2) is 47.4 Å². The number of fused-ring (bicyclic) bond motifs is 2. The van der Waals surface area contributed by atoms with Gasteiger partial charge in [0.2, 0.25) is 0 Å². The smallest absolute Gasteiger partial charge is 0.261 e. The Hall–Kier alpha value is -2.75. The summed E-state index contributed by atoms with van der Waals surface area (Å²) in [5, 5.41) is 0.691. The maximum atomic E-state index is 12.8. The number of benzene rings is 1. The van der Waals surface area contributed by atoms with Gasteiger partial charge in [0.25, 0.3) is 5.56 Å². The van der Waals surface area contributed by atoms with E-state index in [9.17, 15) is 4.79 Å². The summed E-state index contributed by atoms with van der Waals surface area (Å²) in [5.41, 5.74) is 2.93. The van der Waals surface area contributed by atoms with Crippen molar-refractivity contribution >= 4 is 23.1 Å². The van der Waals surface area contributed by atoms with Crippen molar-refractivity contribution in [2.75, 3.05) is 0 Å². The van der Waals surface area contributed by atoms with Crippen LogP contribution in [-0.4, -0.2) is 14.5 Å². The number of aromatic nitrogens is 3. The second kappa shape index (κ2) is 5.96. The van der Waals surface area contributed by atoms with E-state index in [1.54, 1.807) is 6.20 Å². The lowest BCUT2D eigenvalue weighted by Gasteiger charge is -2.31. The van der Waals surface area contributed by atoms with E-state index in [0.717, 1.165) is 42.0 Å². The predicted molar refractivity (Wildman–Crippen MR) is 101 cm³/mol. The van der Waals surface area contributed by atoms with Crippen LogP contribution in [0.4, 0.5) is 0 Å². The average molecular weight is 331 g/mol. The van der Waals surface area contributed by atoms with Gasteiger partial charge in [0, 0.05) is 19.2 Å². The van der Waals surface area contributed by atoms with Crippen molar-refractivity contribution in [2.24, 2.45) is 5.41 Å². The summed E-state index contributed by atoms with van der Waals surface area (Å²) in [6, 6.07) is 11.7. The maximum absolute atomic E-state index is 12.8. The van der Waals surface area contributed by atoms with Gasteiger partial charge < -0.3 is 0 Å². The highest BCUT2D eigenvalue weighted by Gasteiger charge is 2.27. The topological polar surface area (TPSA) is 47.8 Å². The van der Waals surface area contributed by atoms with E-state index in [1.807, 2.05) is 53.1 Å². The summed E-state index contributed by atoms with van der Waals surface area (Å²) in [7, 11) is 0. The lowest BCUT2D eigenvalue weighted by molar-refractivity contribution is 0.240. The Kier molecular flexibility index (Phi) is 3.75. The van der Waals surface area contributed by atoms with Crippen molar-refractivity contribution in [3.63, 3.8) is 0 Å². The molecule has 126 valence electrons. The third-order valence-electron chi connectivity index (χ3n) is 4.80. The first-order chi connectivity index (χ1) is 12.0. The van der Waals surface area contributed by atoms with Crippen molar-refractivity contribution < 1.29 is 0 Å². The first-order valence-corrected chi connectivity index (χ1v) is 8.64. The van der Waals surface area contributed by atoms with Gasteiger partial charge in [-0.05, 0) is 47.7 Å². The molecule has 3 heterocycles. The molecule has 0 atom stereocenters. The van der Waals surface area contributed by atoms with Crippen molar-refractivity contribution in [2.45, 2.75) is 33.2 Å². The Bertz CT molecular complexity index is 1020. The van der Waals surface area contributed by atoms with Crippen molar-refractivity contribution in [3.05, 3.63) is 70.0 Å². The number of pyridine rings is 1. The van der Waals surface area contributed by atoms with Crippen molar-refractivity contribution in [1.82, 2.24) is 14.5 Å². The van der Waals surface area contributed by atoms with Gasteiger partial charge >= 0.3 is 0 Å². The molecule has 4 heteroatoms. The molecule has 25 heavy (non-hydrogen) atoms. The summed E-state index contributed by atoms with van der Waals surface area (Å²) in [6.45, 7) is 5.15. The molecule has 0 aliphatic carbocycles. The van der Waals surface area contributed by atoms with E-state index in [-0.39, 0.29) is 11.0 Å². The molecule has 0 fully saturated rings. The van der Waals surface area contributed by atoms with Crippen molar-refractivity contribution in [3.8, 4) is 0 Å². The van der Waals surface area contributed by atoms with Gasteiger partial charge in [0.1, 0.15) is 5.82 Å². The highest BCUT2D eigenvalue weighted by atomic mass is 16.1. The van der Waals surface area contributed by atoms with Crippen LogP contribution in [-0.2, 0) is 13.0 Å². The summed E-state index contributed by atoms with van der Waals surface area (Å²) >= 11 is 0.